The summed E-state index contributed by atoms with van der Waals surface area (Å²) in [7, 11) is 1.10. The van der Waals surface area contributed by atoms with Crippen molar-refractivity contribution in [3.8, 4) is 6.07 Å². The van der Waals surface area contributed by atoms with Gasteiger partial charge in [0.05, 0.1) is 40.3 Å². The molecule has 0 aliphatic carbocycles. The number of Topliss-reactive ketones (excluding diaryl/α,β-unsaturated/α-hetero) is 1. The number of methoxy groups -OCH3 is 1. The molecular weight excluding hydrogens is 501 g/mol. The van der Waals surface area contributed by atoms with Crippen molar-refractivity contribution in [2.75, 3.05) is 12.9 Å². The number of allylic oxidation sites excluding steroid dienone is 1. The van der Waals surface area contributed by atoms with E-state index in [4.69, 9.17) is 11.6 Å². The van der Waals surface area contributed by atoms with Crippen molar-refractivity contribution in [2.24, 2.45) is 5.92 Å². The number of benzene rings is 1. The maximum absolute atomic E-state index is 14.3. The van der Waals surface area contributed by atoms with E-state index in [0.717, 1.165) is 18.4 Å². The highest BCUT2D eigenvalue weighted by Gasteiger charge is 2.66. The van der Waals surface area contributed by atoms with Crippen molar-refractivity contribution in [2.45, 2.75) is 17.8 Å². The van der Waals surface area contributed by atoms with Gasteiger partial charge in [-0.15, -0.1) is 11.3 Å². The van der Waals surface area contributed by atoms with E-state index in [0.29, 0.717) is 11.8 Å². The van der Waals surface area contributed by atoms with E-state index in [1.165, 1.54) is 35.7 Å². The van der Waals surface area contributed by atoms with Crippen molar-refractivity contribution < 1.29 is 32.6 Å². The van der Waals surface area contributed by atoms with Crippen LogP contribution < -0.4 is 5.32 Å². The molecule has 0 saturated heterocycles. The normalized spacial score (nSPS) is 22.9. The van der Waals surface area contributed by atoms with Crippen LogP contribution in [0.2, 0.25) is 5.02 Å². The Labute approximate surface area is 200 Å². The Morgan fingerprint density at radius 2 is 2.03 bits per heavy atom. The third-order valence-electron chi connectivity index (χ3n) is 5.04. The molecule has 2 aromatic rings. The molecule has 0 saturated carbocycles. The molecule has 0 fully saturated rings. The largest absolute Gasteiger partial charge is 0.468 e. The number of thiophene rings is 1. The van der Waals surface area contributed by atoms with Gasteiger partial charge in [-0.2, -0.15) is 18.4 Å². The van der Waals surface area contributed by atoms with Gasteiger partial charge in [0, 0.05) is 10.9 Å². The average molecular weight is 517 g/mol. The van der Waals surface area contributed by atoms with Crippen LogP contribution in [0.4, 0.5) is 13.2 Å². The fraction of sp³-hybridized carbons (Fsp3) is 0.286. The molecule has 174 valence electrons. The molecule has 12 heteroatoms. The number of alkyl halides is 3. The molecule has 2 heterocycles. The first kappa shape index (κ1) is 25.1. The highest BCUT2D eigenvalue weighted by atomic mass is 35.5. The minimum atomic E-state index is -5.33. The second kappa shape index (κ2) is 9.77. The summed E-state index contributed by atoms with van der Waals surface area (Å²) in [6, 6.07) is 10.5. The molecule has 3 rings (SSSR count). The van der Waals surface area contributed by atoms with E-state index >= 15 is 0 Å². The number of nitriles is 1. The molecule has 0 spiro atoms. The van der Waals surface area contributed by atoms with Gasteiger partial charge in [0.2, 0.25) is 5.72 Å². The fourth-order valence-electron chi connectivity index (χ4n) is 3.51. The molecule has 1 aromatic carbocycles. The molecule has 1 aliphatic heterocycles. The van der Waals surface area contributed by atoms with Crippen molar-refractivity contribution in [3.05, 3.63) is 67.8 Å². The number of esters is 1. The highest BCUT2D eigenvalue weighted by molar-refractivity contribution is 8.03. The second-order valence-corrected chi connectivity index (χ2v) is 9.27. The fourth-order valence-corrected chi connectivity index (χ4v) is 5.41. The zero-order valence-corrected chi connectivity index (χ0v) is 19.2. The number of thioether (sulfide) groups is 1. The molecule has 1 aromatic heterocycles. The van der Waals surface area contributed by atoms with Gasteiger partial charge in [0.15, 0.2) is 5.78 Å². The van der Waals surface area contributed by atoms with Crippen molar-refractivity contribution in [1.29, 1.82) is 5.26 Å². The molecule has 0 bridgehead atoms. The van der Waals surface area contributed by atoms with Gasteiger partial charge in [0.25, 0.3) is 0 Å². The predicted molar refractivity (Wildman–Crippen MR) is 118 cm³/mol. The smallest absolute Gasteiger partial charge is 0.437 e. The first-order valence-corrected chi connectivity index (χ1v) is 11.5. The third-order valence-corrected chi connectivity index (χ3v) is 7.26. The van der Waals surface area contributed by atoms with Crippen LogP contribution in [-0.2, 0) is 9.53 Å². The first-order valence-electron chi connectivity index (χ1n) is 9.28. The predicted octanol–water partition coefficient (Wildman–Crippen LogP) is 4.48. The summed E-state index contributed by atoms with van der Waals surface area (Å²) in [5.74, 6) is -5.92. The lowest BCUT2D eigenvalue weighted by Gasteiger charge is -2.45. The lowest BCUT2D eigenvalue weighted by atomic mass is 9.70. The molecular formula is C21H16ClF3N2O4S2. The van der Waals surface area contributed by atoms with Crippen LogP contribution in [0.5, 0.6) is 0 Å². The Balaban J connectivity index is 2.30. The molecule has 2 N–H and O–H groups in total. The summed E-state index contributed by atoms with van der Waals surface area (Å²) < 4.78 is 47.5. The van der Waals surface area contributed by atoms with Crippen LogP contribution in [0, 0.1) is 17.2 Å². The van der Waals surface area contributed by atoms with Gasteiger partial charge < -0.3 is 15.2 Å². The maximum Gasteiger partial charge on any atom is 0.437 e. The number of ketones is 1. The summed E-state index contributed by atoms with van der Waals surface area (Å²) in [6.07, 6.45) is -5.33. The van der Waals surface area contributed by atoms with Crippen LogP contribution in [0.15, 0.2) is 52.4 Å². The number of carbonyl (C=O) groups excluding carboxylic acids is 2. The van der Waals surface area contributed by atoms with Crippen molar-refractivity contribution in [1.82, 2.24) is 5.32 Å². The SMILES string of the molecule is COC(=O)CSC1=C(C#N)[C@@H](c2ccccc2Cl)[C@H](C(=O)c2cccs2)[C@](O)(C(F)(F)F)N1. The Bertz CT molecular complexity index is 1130. The Morgan fingerprint density at radius 3 is 2.58 bits per heavy atom. The number of hydrogen-bond donors (Lipinski definition) is 2. The average Bonchev–Trinajstić information content (AvgIpc) is 3.31. The molecule has 1 aliphatic rings. The van der Waals surface area contributed by atoms with Gasteiger partial charge in [-0.1, -0.05) is 47.6 Å². The second-order valence-electron chi connectivity index (χ2n) is 6.93. The molecule has 33 heavy (non-hydrogen) atoms. The zero-order chi connectivity index (χ0) is 24.4. The van der Waals surface area contributed by atoms with Gasteiger partial charge in [0.1, 0.15) is 0 Å². The van der Waals surface area contributed by atoms with E-state index in [-0.39, 0.29) is 21.0 Å². The van der Waals surface area contributed by atoms with Gasteiger partial charge in [-0.05, 0) is 23.1 Å². The lowest BCUT2D eigenvalue weighted by Crippen LogP contribution is -2.66. The summed E-state index contributed by atoms with van der Waals surface area (Å²) >= 11 is 7.74. The number of halogens is 4. The maximum atomic E-state index is 14.3. The molecule has 0 radical (unpaired) electrons. The van der Waals surface area contributed by atoms with E-state index in [2.05, 4.69) is 4.74 Å². The number of carbonyl (C=O) groups is 2. The van der Waals surface area contributed by atoms with E-state index < -0.39 is 46.3 Å². The number of nitrogens with one attached hydrogen (secondary N) is 1. The topological polar surface area (TPSA) is 99.4 Å². The zero-order valence-electron chi connectivity index (χ0n) is 16.9. The van der Waals surface area contributed by atoms with Crippen LogP contribution >= 0.6 is 34.7 Å². The molecule has 3 atom stereocenters. The van der Waals surface area contributed by atoms with Crippen LogP contribution in [-0.4, -0.2) is 41.6 Å². The van der Waals surface area contributed by atoms with E-state index in [9.17, 15) is 33.1 Å². The number of hydrogen-bond acceptors (Lipinski definition) is 8. The van der Waals surface area contributed by atoms with Gasteiger partial charge >= 0.3 is 12.1 Å². The molecule has 0 amide bonds. The van der Waals surface area contributed by atoms with Crippen LogP contribution in [0.1, 0.15) is 21.2 Å². The number of aliphatic hydroxyl groups is 1. The van der Waals surface area contributed by atoms with Gasteiger partial charge in [-0.25, -0.2) is 0 Å². The Hall–Kier alpha value is -2.52. The first-order chi connectivity index (χ1) is 15.5. The van der Waals surface area contributed by atoms with Gasteiger partial charge in [-0.3, -0.25) is 9.59 Å². The number of nitrogens with zero attached hydrogens (tertiary/aromatic N) is 1. The Morgan fingerprint density at radius 1 is 1.33 bits per heavy atom. The summed E-state index contributed by atoms with van der Waals surface area (Å²) in [5, 5.41) is 24.0. The van der Waals surface area contributed by atoms with Crippen LogP contribution in [0.25, 0.3) is 0 Å². The quantitative estimate of drug-likeness (QED) is 0.431. The number of ether oxygens (including phenoxy) is 1. The summed E-state index contributed by atoms with van der Waals surface area (Å²) in [4.78, 5) is 24.9. The lowest BCUT2D eigenvalue weighted by molar-refractivity contribution is -0.285. The standard InChI is InChI=1S/C21H16ClF3N2O4S2/c1-31-15(28)10-33-19-12(9-26)16(11-5-2-3-6-13(11)22)17(18(29)14-7-4-8-32-14)20(30,27-19)21(23,24)25/h2-8,16-17,27,30H,10H2,1H3/t16-,17-,20+/m1/s1. The molecule has 0 unspecified atom stereocenters. The molecule has 6 nitrogen and oxygen atoms in total. The van der Waals surface area contributed by atoms with E-state index in [1.54, 1.807) is 6.07 Å². The minimum Gasteiger partial charge on any atom is -0.468 e. The Kier molecular flexibility index (Phi) is 7.43. The minimum absolute atomic E-state index is 0.0166. The monoisotopic (exact) mass is 516 g/mol. The van der Waals surface area contributed by atoms with E-state index in [1.807, 2.05) is 11.4 Å². The van der Waals surface area contributed by atoms with Crippen molar-refractivity contribution >= 4 is 46.5 Å². The number of rotatable bonds is 6. The highest BCUT2D eigenvalue weighted by Crippen LogP contribution is 2.52. The van der Waals surface area contributed by atoms with Crippen LogP contribution in [0.3, 0.4) is 0 Å². The van der Waals surface area contributed by atoms with Crippen molar-refractivity contribution in [3.63, 3.8) is 0 Å². The summed E-state index contributed by atoms with van der Waals surface area (Å²) in [5.41, 5.74) is -3.96. The summed E-state index contributed by atoms with van der Waals surface area (Å²) in [6.45, 7) is 0. The third kappa shape index (κ3) is 4.75.